The number of aliphatic hydroxyl groups excluding tert-OH is 1. The van der Waals surface area contributed by atoms with Gasteiger partial charge in [-0.05, 0) is 0 Å². The predicted molar refractivity (Wildman–Crippen MR) is 27.6 cm³/mol. The Kier molecular flexibility index (Phi) is 1.38. The lowest BCUT2D eigenvalue weighted by Gasteiger charge is -2.00. The molecule has 0 aromatic carbocycles. The van der Waals surface area contributed by atoms with E-state index in [4.69, 9.17) is 10.3 Å². The summed E-state index contributed by atoms with van der Waals surface area (Å²) in [6.45, 7) is 0. The molecule has 4 nitrogen and oxygen atoms in total. The summed E-state index contributed by atoms with van der Waals surface area (Å²) in [5.41, 5.74) is 0. The van der Waals surface area contributed by atoms with Gasteiger partial charge < -0.3 is 5.11 Å². The third kappa shape index (κ3) is 0.919. The van der Waals surface area contributed by atoms with E-state index in [1.165, 1.54) is 12.3 Å². The molecule has 1 aliphatic heterocycles. The molecule has 8 heavy (non-hydrogen) atoms. The van der Waals surface area contributed by atoms with Crippen molar-refractivity contribution in [1.29, 1.82) is 0 Å². The van der Waals surface area contributed by atoms with E-state index in [1.54, 1.807) is 0 Å². The highest BCUT2D eigenvalue weighted by Gasteiger charge is 2.21. The molecule has 0 saturated heterocycles. The Hall–Kier alpha value is -0.710. The van der Waals surface area contributed by atoms with Crippen LogP contribution in [0.5, 0.6) is 0 Å². The van der Waals surface area contributed by atoms with E-state index in [9.17, 15) is 0 Å². The Bertz CT molecular complexity index is 116. The van der Waals surface area contributed by atoms with Gasteiger partial charge in [-0.2, -0.15) is 5.21 Å². The molecule has 0 aromatic heterocycles. The van der Waals surface area contributed by atoms with Gasteiger partial charge in [0.2, 0.25) is 0 Å². The number of hydrogen-bond donors (Lipinski definition) is 2. The molecule has 1 radical (unpaired) electrons. The second-order valence-corrected chi connectivity index (χ2v) is 1.40. The molecule has 1 aliphatic rings. The first-order valence-electron chi connectivity index (χ1n) is 2.16. The van der Waals surface area contributed by atoms with Crippen molar-refractivity contribution in [2.24, 2.45) is 4.99 Å². The number of hydroxylamine groups is 2. The van der Waals surface area contributed by atoms with Gasteiger partial charge in [-0.1, -0.05) is 0 Å². The SMILES string of the molecule is OC1C=CN=C[N+]1O. The average molecular weight is 114 g/mol. The zero-order chi connectivity index (χ0) is 5.98. The van der Waals surface area contributed by atoms with Crippen molar-refractivity contribution in [1.82, 2.24) is 5.06 Å². The molecule has 0 saturated carbocycles. The van der Waals surface area contributed by atoms with Crippen molar-refractivity contribution in [2.75, 3.05) is 0 Å². The molecule has 0 aromatic rings. The van der Waals surface area contributed by atoms with Crippen LogP contribution in [-0.4, -0.2) is 22.9 Å². The zero-order valence-electron chi connectivity index (χ0n) is 4.10. The molecular formula is C4H6N2O2+. The van der Waals surface area contributed by atoms with Crippen LogP contribution < -0.4 is 5.06 Å². The Morgan fingerprint density at radius 3 is 2.75 bits per heavy atom. The quantitative estimate of drug-likeness (QED) is 0.413. The van der Waals surface area contributed by atoms with Crippen molar-refractivity contribution in [2.45, 2.75) is 6.23 Å². The lowest BCUT2D eigenvalue weighted by atomic mass is 10.5. The Labute approximate surface area is 46.3 Å². The van der Waals surface area contributed by atoms with E-state index in [0.29, 0.717) is 5.06 Å². The van der Waals surface area contributed by atoms with Crippen LogP contribution in [0.25, 0.3) is 0 Å². The molecule has 0 aliphatic carbocycles. The highest BCUT2D eigenvalue weighted by Crippen LogP contribution is 1.92. The molecular weight excluding hydrogens is 108 g/mol. The zero-order valence-corrected chi connectivity index (χ0v) is 4.10. The number of nitrogens with zero attached hydrogens (tertiary/aromatic N) is 2. The summed E-state index contributed by atoms with van der Waals surface area (Å²) < 4.78 is 0. The summed E-state index contributed by atoms with van der Waals surface area (Å²) in [5, 5.41) is 17.8. The topological polar surface area (TPSA) is 58.7 Å². The van der Waals surface area contributed by atoms with E-state index in [-0.39, 0.29) is 0 Å². The van der Waals surface area contributed by atoms with Crippen LogP contribution in [0, 0.1) is 0 Å². The summed E-state index contributed by atoms with van der Waals surface area (Å²) >= 11 is 0. The first-order chi connectivity index (χ1) is 3.80. The molecule has 0 spiro atoms. The van der Waals surface area contributed by atoms with E-state index in [0.717, 1.165) is 6.34 Å². The normalized spacial score (nSPS) is 29.0. The highest BCUT2D eigenvalue weighted by atomic mass is 16.5. The average Bonchev–Trinajstić information content (AvgIpc) is 1.77. The molecule has 0 fully saturated rings. The molecule has 1 heterocycles. The molecule has 1 unspecified atom stereocenters. The van der Waals surface area contributed by atoms with Gasteiger partial charge in [-0.15, -0.1) is 0 Å². The van der Waals surface area contributed by atoms with Crippen LogP contribution in [0.1, 0.15) is 0 Å². The highest BCUT2D eigenvalue weighted by molar-refractivity contribution is 5.58. The lowest BCUT2D eigenvalue weighted by molar-refractivity contribution is -0.0279. The molecule has 2 N–H and O–H groups in total. The summed E-state index contributed by atoms with van der Waals surface area (Å²) in [6, 6.07) is 0. The third-order valence-electron chi connectivity index (χ3n) is 0.800. The number of hydrogen-bond acceptors (Lipinski definition) is 4. The Morgan fingerprint density at radius 1 is 1.62 bits per heavy atom. The van der Waals surface area contributed by atoms with Gasteiger partial charge in [0.25, 0.3) is 12.6 Å². The van der Waals surface area contributed by atoms with E-state index < -0.39 is 6.23 Å². The molecule has 0 amide bonds. The van der Waals surface area contributed by atoms with Crippen LogP contribution in [0.2, 0.25) is 0 Å². The fourth-order valence-corrected chi connectivity index (χ4v) is 0.390. The monoisotopic (exact) mass is 114 g/mol. The number of rotatable bonds is 0. The van der Waals surface area contributed by atoms with Gasteiger partial charge in [-0.3, -0.25) is 0 Å². The Balaban J connectivity index is 2.59. The fraction of sp³-hybridized carbons (Fsp3) is 0.250. The second kappa shape index (κ2) is 2.04. The van der Waals surface area contributed by atoms with Crippen molar-refractivity contribution < 1.29 is 10.3 Å². The van der Waals surface area contributed by atoms with Crippen molar-refractivity contribution in [3.05, 3.63) is 12.3 Å². The van der Waals surface area contributed by atoms with Crippen molar-refractivity contribution in [3.8, 4) is 0 Å². The van der Waals surface area contributed by atoms with Crippen molar-refractivity contribution in [3.63, 3.8) is 0 Å². The minimum Gasteiger partial charge on any atom is -0.335 e. The van der Waals surface area contributed by atoms with E-state index in [1.807, 2.05) is 0 Å². The molecule has 43 valence electrons. The van der Waals surface area contributed by atoms with Gasteiger partial charge in [0, 0.05) is 12.3 Å². The summed E-state index contributed by atoms with van der Waals surface area (Å²) in [6.07, 6.45) is 2.97. The van der Waals surface area contributed by atoms with E-state index in [2.05, 4.69) is 4.99 Å². The predicted octanol–water partition coefficient (Wildman–Crippen LogP) is -0.610. The third-order valence-corrected chi connectivity index (χ3v) is 0.800. The molecule has 0 bridgehead atoms. The largest absolute Gasteiger partial charge is 0.335 e. The second-order valence-electron chi connectivity index (χ2n) is 1.40. The molecule has 1 atom stereocenters. The lowest BCUT2D eigenvalue weighted by Crippen LogP contribution is -2.36. The summed E-state index contributed by atoms with van der Waals surface area (Å²) in [5.74, 6) is 0. The summed E-state index contributed by atoms with van der Waals surface area (Å²) in [4.78, 5) is 3.52. The van der Waals surface area contributed by atoms with Gasteiger partial charge in [-0.25, -0.2) is 4.99 Å². The first kappa shape index (κ1) is 5.43. The van der Waals surface area contributed by atoms with Crippen molar-refractivity contribution >= 4 is 6.34 Å². The van der Waals surface area contributed by atoms with Gasteiger partial charge in [0.1, 0.15) is 0 Å². The Morgan fingerprint density at radius 2 is 2.38 bits per heavy atom. The van der Waals surface area contributed by atoms with E-state index >= 15 is 0 Å². The summed E-state index contributed by atoms with van der Waals surface area (Å²) in [7, 11) is 0. The van der Waals surface area contributed by atoms with Crippen LogP contribution in [0.15, 0.2) is 17.3 Å². The van der Waals surface area contributed by atoms with Crippen LogP contribution >= 0.6 is 0 Å². The first-order valence-corrected chi connectivity index (χ1v) is 2.16. The smallest absolute Gasteiger partial charge is 0.299 e. The minimum atomic E-state index is -0.938. The van der Waals surface area contributed by atoms with Gasteiger partial charge in [0.15, 0.2) is 0 Å². The maximum absolute atomic E-state index is 8.68. The molecule has 4 heteroatoms. The minimum absolute atomic E-state index is 0.611. The standard InChI is InChI=1S/C4H6N2O2/c7-4-1-2-5-3-6(4)8/h1-4,7-8H/q+1. The van der Waals surface area contributed by atoms with Gasteiger partial charge >= 0.3 is 0 Å². The maximum Gasteiger partial charge on any atom is 0.299 e. The van der Waals surface area contributed by atoms with Gasteiger partial charge in [0.05, 0.1) is 5.06 Å². The van der Waals surface area contributed by atoms with Crippen LogP contribution in [0.4, 0.5) is 0 Å². The van der Waals surface area contributed by atoms with Crippen LogP contribution in [-0.2, 0) is 0 Å². The number of aliphatic hydroxyl groups is 1. The number of aliphatic imine (C=N–C) groups is 1. The van der Waals surface area contributed by atoms with Crippen LogP contribution in [0.3, 0.4) is 0 Å². The maximum atomic E-state index is 8.68. The fourth-order valence-electron chi connectivity index (χ4n) is 0.390. The molecule has 1 rings (SSSR count).